The van der Waals surface area contributed by atoms with E-state index in [1.54, 1.807) is 19.0 Å². The van der Waals surface area contributed by atoms with Gasteiger partial charge in [-0.3, -0.25) is 0 Å². The van der Waals surface area contributed by atoms with E-state index in [0.717, 1.165) is 6.21 Å². The van der Waals surface area contributed by atoms with Gasteiger partial charge in [-0.05, 0) is 0 Å². The molecule has 1 aromatic heterocycles. The van der Waals surface area contributed by atoms with Crippen molar-refractivity contribution in [2.24, 2.45) is 5.16 Å². The third kappa shape index (κ3) is 2.47. The molecule has 0 unspecified atom stereocenters. The van der Waals surface area contributed by atoms with Crippen molar-refractivity contribution >= 4 is 23.8 Å². The summed E-state index contributed by atoms with van der Waals surface area (Å²) in [5, 5.41) is 11.5. The summed E-state index contributed by atoms with van der Waals surface area (Å²) in [5.41, 5.74) is 0.340. The molecule has 1 rings (SSSR count). The lowest BCUT2D eigenvalue weighted by Crippen LogP contribution is -2.14. The maximum atomic E-state index is 8.43. The lowest BCUT2D eigenvalue weighted by atomic mass is 10.3. The highest BCUT2D eigenvalue weighted by molar-refractivity contribution is 6.32. The van der Waals surface area contributed by atoms with Gasteiger partial charge in [-0.1, -0.05) is 16.8 Å². The molecule has 15 heavy (non-hydrogen) atoms. The van der Waals surface area contributed by atoms with Gasteiger partial charge in [0.05, 0.1) is 18.9 Å². The van der Waals surface area contributed by atoms with Crippen LogP contribution in [-0.2, 0) is 0 Å². The molecule has 0 aliphatic rings. The highest BCUT2D eigenvalue weighted by atomic mass is 35.5. The maximum absolute atomic E-state index is 8.43. The van der Waals surface area contributed by atoms with Crippen LogP contribution in [0.2, 0.25) is 5.15 Å². The quantitative estimate of drug-likeness (QED) is 0.363. The van der Waals surface area contributed by atoms with Gasteiger partial charge in [-0.2, -0.15) is 4.98 Å². The van der Waals surface area contributed by atoms with Crippen LogP contribution in [0.1, 0.15) is 5.56 Å². The third-order valence-electron chi connectivity index (χ3n) is 1.63. The van der Waals surface area contributed by atoms with Crippen LogP contribution in [0, 0.1) is 0 Å². The monoisotopic (exact) mass is 230 g/mol. The molecule has 7 heteroatoms. The van der Waals surface area contributed by atoms with E-state index < -0.39 is 0 Å². The lowest BCUT2D eigenvalue weighted by Gasteiger charge is -2.12. The molecule has 82 valence electrons. The third-order valence-corrected chi connectivity index (χ3v) is 1.92. The molecule has 0 aliphatic heterocycles. The smallest absolute Gasteiger partial charge is 0.229 e. The number of aromatic nitrogens is 2. The Kier molecular flexibility index (Phi) is 3.68. The molecule has 6 nitrogen and oxygen atoms in total. The van der Waals surface area contributed by atoms with E-state index in [2.05, 4.69) is 15.1 Å². The highest BCUT2D eigenvalue weighted by Gasteiger charge is 2.13. The molecule has 0 fully saturated rings. The summed E-state index contributed by atoms with van der Waals surface area (Å²) in [4.78, 5) is 9.76. The molecule has 0 saturated carbocycles. The van der Waals surface area contributed by atoms with Crippen molar-refractivity contribution in [3.63, 3.8) is 0 Å². The summed E-state index contributed by atoms with van der Waals surface area (Å²) in [6, 6.07) is 0. The minimum Gasteiger partial charge on any atom is -0.480 e. The molecule has 0 bridgehead atoms. The molecule has 0 radical (unpaired) electrons. The van der Waals surface area contributed by atoms with Crippen molar-refractivity contribution < 1.29 is 9.94 Å². The Morgan fingerprint density at radius 2 is 2.13 bits per heavy atom. The molecule has 1 heterocycles. The largest absolute Gasteiger partial charge is 0.480 e. The van der Waals surface area contributed by atoms with Crippen LogP contribution in [0.25, 0.3) is 0 Å². The number of anilines is 1. The first-order valence-corrected chi connectivity index (χ1v) is 4.44. The first kappa shape index (κ1) is 11.5. The average Bonchev–Trinajstić information content (AvgIpc) is 2.20. The molecular weight excluding hydrogens is 220 g/mol. The Labute approximate surface area is 92.2 Å². The molecular formula is C8H11ClN4O2. The number of oxime groups is 1. The topological polar surface area (TPSA) is 70.8 Å². The van der Waals surface area contributed by atoms with Gasteiger partial charge in [0, 0.05) is 14.1 Å². The van der Waals surface area contributed by atoms with E-state index in [1.807, 2.05) is 0 Å². The minimum atomic E-state index is 0.170. The van der Waals surface area contributed by atoms with Crippen LogP contribution in [0.4, 0.5) is 5.95 Å². The number of methoxy groups -OCH3 is 1. The summed E-state index contributed by atoms with van der Waals surface area (Å²) in [5.74, 6) is 0.684. The van der Waals surface area contributed by atoms with Crippen molar-refractivity contribution in [2.75, 3.05) is 26.1 Å². The Morgan fingerprint density at radius 3 is 2.60 bits per heavy atom. The normalized spacial score (nSPS) is 10.7. The van der Waals surface area contributed by atoms with E-state index in [9.17, 15) is 0 Å². The second-order valence-electron chi connectivity index (χ2n) is 2.88. The first-order chi connectivity index (χ1) is 7.10. The molecule has 1 N–H and O–H groups in total. The Morgan fingerprint density at radius 1 is 1.47 bits per heavy atom. The summed E-state index contributed by atoms with van der Waals surface area (Å²) in [6.45, 7) is 0. The number of hydrogen-bond donors (Lipinski definition) is 1. The van der Waals surface area contributed by atoms with Gasteiger partial charge in [0.15, 0.2) is 0 Å². The van der Waals surface area contributed by atoms with E-state index in [4.69, 9.17) is 21.5 Å². The van der Waals surface area contributed by atoms with E-state index in [1.165, 1.54) is 7.11 Å². The van der Waals surface area contributed by atoms with Gasteiger partial charge in [0.2, 0.25) is 11.8 Å². The summed E-state index contributed by atoms with van der Waals surface area (Å²) >= 11 is 5.88. The van der Waals surface area contributed by atoms with E-state index in [0.29, 0.717) is 11.5 Å². The summed E-state index contributed by atoms with van der Waals surface area (Å²) in [6.07, 6.45) is 1.13. The molecule has 0 aliphatic carbocycles. The van der Waals surface area contributed by atoms with E-state index in [-0.39, 0.29) is 11.0 Å². The SMILES string of the molecule is COc1nc(N(C)C)nc(Cl)c1/C=N/O. The molecule has 0 saturated heterocycles. The number of rotatable bonds is 3. The zero-order valence-electron chi connectivity index (χ0n) is 8.60. The van der Waals surface area contributed by atoms with Crippen molar-refractivity contribution in [2.45, 2.75) is 0 Å². The van der Waals surface area contributed by atoms with Crippen molar-refractivity contribution in [1.29, 1.82) is 0 Å². The van der Waals surface area contributed by atoms with Gasteiger partial charge in [-0.15, -0.1) is 0 Å². The predicted molar refractivity (Wildman–Crippen MR) is 57.3 cm³/mol. The van der Waals surface area contributed by atoms with Crippen LogP contribution in [0.3, 0.4) is 0 Å². The van der Waals surface area contributed by atoms with Gasteiger partial charge >= 0.3 is 0 Å². The average molecular weight is 231 g/mol. The fourth-order valence-corrected chi connectivity index (χ4v) is 1.14. The zero-order valence-corrected chi connectivity index (χ0v) is 9.36. The number of nitrogens with zero attached hydrogens (tertiary/aromatic N) is 4. The second-order valence-corrected chi connectivity index (χ2v) is 3.23. The van der Waals surface area contributed by atoms with Crippen LogP contribution < -0.4 is 9.64 Å². The molecule has 0 spiro atoms. The molecule has 0 atom stereocenters. The van der Waals surface area contributed by atoms with Gasteiger partial charge in [0.1, 0.15) is 5.15 Å². The minimum absolute atomic E-state index is 0.170. The summed E-state index contributed by atoms with van der Waals surface area (Å²) < 4.78 is 5.00. The van der Waals surface area contributed by atoms with Gasteiger partial charge in [0.25, 0.3) is 0 Å². The maximum Gasteiger partial charge on any atom is 0.229 e. The molecule has 0 aromatic carbocycles. The van der Waals surface area contributed by atoms with Gasteiger partial charge in [-0.25, -0.2) is 4.98 Å². The van der Waals surface area contributed by atoms with Crippen LogP contribution >= 0.6 is 11.6 Å². The van der Waals surface area contributed by atoms with E-state index >= 15 is 0 Å². The standard InChI is InChI=1S/C8H11ClN4O2/c1-13(2)8-11-6(9)5(4-10-14)7(12-8)15-3/h4,14H,1-3H3/b10-4+. The lowest BCUT2D eigenvalue weighted by molar-refractivity contribution is 0.321. The Bertz CT molecular complexity index is 381. The van der Waals surface area contributed by atoms with Crippen LogP contribution in [0.5, 0.6) is 5.88 Å². The summed E-state index contributed by atoms with van der Waals surface area (Å²) in [7, 11) is 5.02. The Hall–Kier alpha value is -1.56. The van der Waals surface area contributed by atoms with Gasteiger partial charge < -0.3 is 14.8 Å². The Balaban J connectivity index is 3.30. The fraction of sp³-hybridized carbons (Fsp3) is 0.375. The van der Waals surface area contributed by atoms with Crippen molar-refractivity contribution in [3.8, 4) is 5.88 Å². The number of halogens is 1. The number of ether oxygens (including phenoxy) is 1. The predicted octanol–water partition coefficient (Wildman–Crippen LogP) is 1.01. The second kappa shape index (κ2) is 4.79. The number of hydrogen-bond acceptors (Lipinski definition) is 6. The highest BCUT2D eigenvalue weighted by Crippen LogP contribution is 2.23. The van der Waals surface area contributed by atoms with Crippen LogP contribution in [0.15, 0.2) is 5.16 Å². The first-order valence-electron chi connectivity index (χ1n) is 4.06. The zero-order chi connectivity index (χ0) is 11.4. The molecule has 0 amide bonds. The van der Waals surface area contributed by atoms with Crippen molar-refractivity contribution in [3.05, 3.63) is 10.7 Å². The van der Waals surface area contributed by atoms with Crippen molar-refractivity contribution in [1.82, 2.24) is 9.97 Å². The fourth-order valence-electron chi connectivity index (χ4n) is 0.934. The molecule has 1 aromatic rings. The van der Waals surface area contributed by atoms with Crippen LogP contribution in [-0.4, -0.2) is 42.6 Å².